The van der Waals surface area contributed by atoms with E-state index in [1.54, 1.807) is 18.2 Å². The first kappa shape index (κ1) is 14.6. The van der Waals surface area contributed by atoms with Gasteiger partial charge in [-0.25, -0.2) is 0 Å². The van der Waals surface area contributed by atoms with Crippen LogP contribution in [0.2, 0.25) is 0 Å². The highest BCUT2D eigenvalue weighted by Crippen LogP contribution is 2.34. The summed E-state index contributed by atoms with van der Waals surface area (Å²) in [6.07, 6.45) is 0. The number of fused-ring (bicyclic) bond motifs is 1. The van der Waals surface area contributed by atoms with Gasteiger partial charge in [0.1, 0.15) is 4.90 Å². The Balaban J connectivity index is 2.40. The van der Waals surface area contributed by atoms with E-state index in [2.05, 4.69) is 0 Å². The molecule has 3 aromatic rings. The topological polar surface area (TPSA) is 80.4 Å². The van der Waals surface area contributed by atoms with E-state index in [-0.39, 0.29) is 4.90 Å². The van der Waals surface area contributed by atoms with Crippen LogP contribution in [0.3, 0.4) is 0 Å². The second-order valence-corrected chi connectivity index (χ2v) is 6.65. The zero-order valence-electron chi connectivity index (χ0n) is 11.9. The van der Waals surface area contributed by atoms with Crippen molar-refractivity contribution >= 4 is 26.6 Å². The van der Waals surface area contributed by atoms with Gasteiger partial charge in [-0.3, -0.25) is 4.55 Å². The molecule has 0 aliphatic carbocycles. The van der Waals surface area contributed by atoms with Gasteiger partial charge in [-0.1, -0.05) is 42.0 Å². The maximum absolute atomic E-state index is 11.7. The highest BCUT2D eigenvalue weighted by atomic mass is 32.2. The van der Waals surface area contributed by atoms with Crippen LogP contribution in [0.15, 0.2) is 59.5 Å². The van der Waals surface area contributed by atoms with Gasteiger partial charge in [0, 0.05) is 11.3 Å². The van der Waals surface area contributed by atoms with Crippen LogP contribution in [-0.4, -0.2) is 13.0 Å². The number of hydrogen-bond acceptors (Lipinski definition) is 3. The van der Waals surface area contributed by atoms with E-state index in [4.69, 9.17) is 5.73 Å². The van der Waals surface area contributed by atoms with E-state index >= 15 is 0 Å². The number of nitrogen functional groups attached to an aromatic ring is 1. The molecule has 0 heterocycles. The predicted octanol–water partition coefficient (Wildman–Crippen LogP) is 3.64. The number of rotatable bonds is 2. The molecule has 0 aliphatic rings. The summed E-state index contributed by atoms with van der Waals surface area (Å²) < 4.78 is 32.8. The third kappa shape index (κ3) is 2.56. The highest BCUT2D eigenvalue weighted by molar-refractivity contribution is 7.86. The van der Waals surface area contributed by atoms with Gasteiger partial charge in [-0.05, 0) is 41.5 Å². The summed E-state index contributed by atoms with van der Waals surface area (Å²) in [5.41, 5.74) is 8.58. The molecule has 4 nitrogen and oxygen atoms in total. The van der Waals surface area contributed by atoms with E-state index < -0.39 is 10.1 Å². The van der Waals surface area contributed by atoms with E-state index in [0.29, 0.717) is 11.3 Å². The Bertz CT molecular complexity index is 978. The fraction of sp³-hybridized carbons (Fsp3) is 0.0588. The zero-order valence-corrected chi connectivity index (χ0v) is 12.8. The predicted molar refractivity (Wildman–Crippen MR) is 88.3 cm³/mol. The van der Waals surface area contributed by atoms with E-state index in [0.717, 1.165) is 21.9 Å². The van der Waals surface area contributed by atoms with E-state index in [1.165, 1.54) is 6.07 Å². The Labute approximate surface area is 129 Å². The molecule has 112 valence electrons. The van der Waals surface area contributed by atoms with Gasteiger partial charge in [-0.2, -0.15) is 8.42 Å². The first-order chi connectivity index (χ1) is 10.4. The van der Waals surface area contributed by atoms with Crippen LogP contribution in [0, 0.1) is 6.92 Å². The molecule has 0 radical (unpaired) electrons. The minimum Gasteiger partial charge on any atom is -0.399 e. The van der Waals surface area contributed by atoms with Crippen molar-refractivity contribution in [2.24, 2.45) is 0 Å². The lowest BCUT2D eigenvalue weighted by Crippen LogP contribution is -2.01. The first-order valence-corrected chi connectivity index (χ1v) is 8.17. The maximum Gasteiger partial charge on any atom is 0.295 e. The van der Waals surface area contributed by atoms with E-state index in [1.807, 2.05) is 37.3 Å². The molecule has 5 heteroatoms. The Hall–Kier alpha value is -2.37. The lowest BCUT2D eigenvalue weighted by molar-refractivity contribution is 0.483. The molecule has 0 aliphatic heterocycles. The van der Waals surface area contributed by atoms with Gasteiger partial charge in [0.25, 0.3) is 10.1 Å². The number of anilines is 1. The van der Waals surface area contributed by atoms with Crippen LogP contribution in [0.1, 0.15) is 5.56 Å². The van der Waals surface area contributed by atoms with Gasteiger partial charge >= 0.3 is 0 Å². The third-order valence-electron chi connectivity index (χ3n) is 3.61. The van der Waals surface area contributed by atoms with Crippen molar-refractivity contribution in [3.05, 3.63) is 60.2 Å². The Morgan fingerprint density at radius 1 is 0.955 bits per heavy atom. The van der Waals surface area contributed by atoms with Gasteiger partial charge in [0.05, 0.1) is 0 Å². The largest absolute Gasteiger partial charge is 0.399 e. The van der Waals surface area contributed by atoms with Crippen molar-refractivity contribution in [1.82, 2.24) is 0 Å². The summed E-state index contributed by atoms with van der Waals surface area (Å²) in [5, 5.41) is 1.80. The lowest BCUT2D eigenvalue weighted by atomic mass is 9.97. The molecule has 0 fully saturated rings. The lowest BCUT2D eigenvalue weighted by Gasteiger charge is -2.12. The number of aryl methyl sites for hydroxylation is 1. The smallest absolute Gasteiger partial charge is 0.295 e. The molecule has 0 amide bonds. The average Bonchev–Trinajstić information content (AvgIpc) is 2.45. The SMILES string of the molecule is Cc1ccc(S(=O)(=O)O)c(-c2cccc3cc(N)ccc23)c1. The van der Waals surface area contributed by atoms with Crippen LogP contribution >= 0.6 is 0 Å². The van der Waals surface area contributed by atoms with Crippen molar-refractivity contribution in [3.63, 3.8) is 0 Å². The molecule has 3 rings (SSSR count). The van der Waals surface area contributed by atoms with Crippen LogP contribution in [0.5, 0.6) is 0 Å². The Kier molecular flexibility index (Phi) is 3.39. The van der Waals surface area contributed by atoms with Gasteiger partial charge in [0.15, 0.2) is 0 Å². The highest BCUT2D eigenvalue weighted by Gasteiger charge is 2.18. The molecule has 0 atom stereocenters. The van der Waals surface area contributed by atoms with E-state index in [9.17, 15) is 13.0 Å². The minimum absolute atomic E-state index is 0.0950. The van der Waals surface area contributed by atoms with Gasteiger partial charge < -0.3 is 5.73 Å². The molecule has 3 aromatic carbocycles. The van der Waals surface area contributed by atoms with Crippen LogP contribution in [-0.2, 0) is 10.1 Å². The minimum atomic E-state index is -4.30. The van der Waals surface area contributed by atoms with Crippen LogP contribution in [0.4, 0.5) is 5.69 Å². The summed E-state index contributed by atoms with van der Waals surface area (Å²) in [6, 6.07) is 15.9. The monoisotopic (exact) mass is 313 g/mol. The summed E-state index contributed by atoms with van der Waals surface area (Å²) in [5.74, 6) is 0. The number of benzene rings is 3. The summed E-state index contributed by atoms with van der Waals surface area (Å²) >= 11 is 0. The third-order valence-corrected chi connectivity index (χ3v) is 4.52. The normalized spacial score (nSPS) is 11.7. The fourth-order valence-electron chi connectivity index (χ4n) is 2.62. The fourth-order valence-corrected chi connectivity index (χ4v) is 3.30. The second-order valence-electron chi connectivity index (χ2n) is 5.26. The number of nitrogens with two attached hydrogens (primary N) is 1. The van der Waals surface area contributed by atoms with Gasteiger partial charge in [-0.15, -0.1) is 0 Å². The van der Waals surface area contributed by atoms with Crippen molar-refractivity contribution in [2.45, 2.75) is 11.8 Å². The molecule has 22 heavy (non-hydrogen) atoms. The number of hydrogen-bond donors (Lipinski definition) is 2. The molecular formula is C17H15NO3S. The average molecular weight is 313 g/mol. The van der Waals surface area contributed by atoms with Crippen molar-refractivity contribution < 1.29 is 13.0 Å². The molecule has 0 saturated heterocycles. The van der Waals surface area contributed by atoms with Crippen LogP contribution < -0.4 is 5.73 Å². The van der Waals surface area contributed by atoms with Crippen molar-refractivity contribution in [2.75, 3.05) is 5.73 Å². The summed E-state index contributed by atoms with van der Waals surface area (Å²) in [4.78, 5) is -0.0950. The molecular weight excluding hydrogens is 298 g/mol. The quantitative estimate of drug-likeness (QED) is 0.559. The standard InChI is InChI=1S/C17H15NO3S/c1-11-5-8-17(22(19,20)21)16(9-11)15-4-2-3-12-10-13(18)6-7-14(12)15/h2-10H,18H2,1H3,(H,19,20,21). The molecule has 3 N–H and O–H groups in total. The maximum atomic E-state index is 11.7. The van der Waals surface area contributed by atoms with Crippen LogP contribution in [0.25, 0.3) is 21.9 Å². The molecule has 0 saturated carbocycles. The molecule has 0 aromatic heterocycles. The summed E-state index contributed by atoms with van der Waals surface area (Å²) in [7, 11) is -4.30. The van der Waals surface area contributed by atoms with Gasteiger partial charge in [0.2, 0.25) is 0 Å². The zero-order chi connectivity index (χ0) is 15.9. The first-order valence-electron chi connectivity index (χ1n) is 6.73. The Morgan fingerprint density at radius 2 is 1.73 bits per heavy atom. The van der Waals surface area contributed by atoms with Crippen molar-refractivity contribution in [1.29, 1.82) is 0 Å². The molecule has 0 unspecified atom stereocenters. The molecule has 0 bridgehead atoms. The molecule has 0 spiro atoms. The summed E-state index contributed by atoms with van der Waals surface area (Å²) in [6.45, 7) is 1.88. The Morgan fingerprint density at radius 3 is 2.45 bits per heavy atom. The second kappa shape index (κ2) is 5.12. The van der Waals surface area contributed by atoms with Crippen molar-refractivity contribution in [3.8, 4) is 11.1 Å².